The minimum absolute atomic E-state index is 0.175. The number of benzene rings is 1. The molecule has 1 N–H and O–H groups in total. The van der Waals surface area contributed by atoms with Crippen molar-refractivity contribution >= 4 is 15.9 Å². The van der Waals surface area contributed by atoms with E-state index >= 15 is 0 Å². The zero-order valence-electron chi connectivity index (χ0n) is 11.7. The van der Waals surface area contributed by atoms with E-state index in [1.54, 1.807) is 0 Å². The number of hydrogen-bond donors (Lipinski definition) is 1. The van der Waals surface area contributed by atoms with Gasteiger partial charge in [-0.1, -0.05) is 47.8 Å². The van der Waals surface area contributed by atoms with Gasteiger partial charge in [-0.25, -0.2) is 0 Å². The van der Waals surface area contributed by atoms with Gasteiger partial charge in [0.15, 0.2) is 0 Å². The van der Waals surface area contributed by atoms with E-state index in [-0.39, 0.29) is 6.10 Å². The van der Waals surface area contributed by atoms with Crippen LogP contribution in [0.4, 0.5) is 0 Å². The Kier molecular flexibility index (Phi) is 6.35. The summed E-state index contributed by atoms with van der Waals surface area (Å²) >= 11 is 3.48. The molecule has 1 aromatic rings. The van der Waals surface area contributed by atoms with Crippen molar-refractivity contribution in [1.82, 2.24) is 5.32 Å². The van der Waals surface area contributed by atoms with Gasteiger partial charge in [-0.2, -0.15) is 0 Å². The molecule has 1 aromatic carbocycles. The Morgan fingerprint density at radius 1 is 1.26 bits per heavy atom. The highest BCUT2D eigenvalue weighted by atomic mass is 79.9. The van der Waals surface area contributed by atoms with Crippen molar-refractivity contribution < 1.29 is 4.74 Å². The number of likely N-dealkylation sites (N-methyl/N-ethyl adjacent to an activating group) is 1. The van der Waals surface area contributed by atoms with Crippen LogP contribution in [0, 0.1) is 5.92 Å². The van der Waals surface area contributed by atoms with Crippen molar-refractivity contribution in [3.05, 3.63) is 34.3 Å². The molecule has 19 heavy (non-hydrogen) atoms. The summed E-state index contributed by atoms with van der Waals surface area (Å²) in [5.74, 6) is 0.777. The molecular weight excluding hydrogens is 302 g/mol. The summed E-state index contributed by atoms with van der Waals surface area (Å²) in [4.78, 5) is 0. The predicted octanol–water partition coefficient (Wildman–Crippen LogP) is 4.31. The van der Waals surface area contributed by atoms with Crippen molar-refractivity contribution in [2.24, 2.45) is 5.92 Å². The van der Waals surface area contributed by atoms with Gasteiger partial charge in [0.2, 0.25) is 0 Å². The quantitative estimate of drug-likeness (QED) is 0.806. The third-order valence-electron chi connectivity index (χ3n) is 3.83. The normalized spacial score (nSPS) is 17.8. The lowest BCUT2D eigenvalue weighted by Gasteiger charge is -2.21. The number of ether oxygens (including phenoxy) is 1. The maximum absolute atomic E-state index is 6.18. The van der Waals surface area contributed by atoms with Crippen LogP contribution in [-0.2, 0) is 4.74 Å². The second-order valence-corrected chi connectivity index (χ2v) is 6.25. The van der Waals surface area contributed by atoms with Crippen molar-refractivity contribution in [3.63, 3.8) is 0 Å². The fraction of sp³-hybridized carbons (Fsp3) is 0.625. The van der Waals surface area contributed by atoms with Crippen LogP contribution in [0.2, 0.25) is 0 Å². The predicted molar refractivity (Wildman–Crippen MR) is 83.3 cm³/mol. The highest BCUT2D eigenvalue weighted by Crippen LogP contribution is 2.27. The SMILES string of the molecule is CCNCC(OCC1CCCC1)c1ccc(Br)cc1. The van der Waals surface area contributed by atoms with Gasteiger partial charge in [0.05, 0.1) is 12.7 Å². The molecule has 1 aliphatic rings. The van der Waals surface area contributed by atoms with Gasteiger partial charge in [-0.15, -0.1) is 0 Å². The molecule has 0 heterocycles. The summed E-state index contributed by atoms with van der Waals surface area (Å²) in [5.41, 5.74) is 1.27. The van der Waals surface area contributed by atoms with Gasteiger partial charge in [0.25, 0.3) is 0 Å². The summed E-state index contributed by atoms with van der Waals surface area (Å²) in [5, 5.41) is 3.40. The molecule has 3 heteroatoms. The summed E-state index contributed by atoms with van der Waals surface area (Å²) in [7, 11) is 0. The first kappa shape index (κ1) is 15.0. The average Bonchev–Trinajstić information content (AvgIpc) is 2.93. The van der Waals surface area contributed by atoms with Crippen molar-refractivity contribution in [2.45, 2.75) is 38.7 Å². The Labute approximate surface area is 125 Å². The van der Waals surface area contributed by atoms with Crippen molar-refractivity contribution in [2.75, 3.05) is 19.7 Å². The molecule has 1 aliphatic carbocycles. The molecule has 0 bridgehead atoms. The molecule has 1 saturated carbocycles. The van der Waals surface area contributed by atoms with Gasteiger partial charge in [-0.3, -0.25) is 0 Å². The Morgan fingerprint density at radius 2 is 1.95 bits per heavy atom. The number of nitrogens with one attached hydrogen (secondary N) is 1. The van der Waals surface area contributed by atoms with Gasteiger partial charge >= 0.3 is 0 Å². The molecule has 0 amide bonds. The van der Waals surface area contributed by atoms with Crippen LogP contribution >= 0.6 is 15.9 Å². The van der Waals surface area contributed by atoms with E-state index in [0.717, 1.165) is 30.1 Å². The second kappa shape index (κ2) is 8.03. The Morgan fingerprint density at radius 3 is 2.58 bits per heavy atom. The molecule has 0 radical (unpaired) electrons. The first-order valence-electron chi connectivity index (χ1n) is 7.37. The third kappa shape index (κ3) is 4.90. The van der Waals surface area contributed by atoms with Gasteiger partial charge in [0, 0.05) is 11.0 Å². The van der Waals surface area contributed by atoms with Crippen molar-refractivity contribution in [1.29, 1.82) is 0 Å². The van der Waals surface area contributed by atoms with Crippen LogP contribution in [0.25, 0.3) is 0 Å². The van der Waals surface area contributed by atoms with Crippen LogP contribution in [0.15, 0.2) is 28.7 Å². The molecule has 0 spiro atoms. The van der Waals surface area contributed by atoms with E-state index in [1.807, 2.05) is 0 Å². The van der Waals surface area contributed by atoms with E-state index in [0.29, 0.717) is 0 Å². The summed E-state index contributed by atoms with van der Waals surface area (Å²) in [6.45, 7) is 4.92. The Hall–Kier alpha value is -0.380. The zero-order chi connectivity index (χ0) is 13.5. The fourth-order valence-corrected chi connectivity index (χ4v) is 2.92. The zero-order valence-corrected chi connectivity index (χ0v) is 13.3. The maximum Gasteiger partial charge on any atom is 0.0949 e. The molecule has 106 valence electrons. The molecule has 0 aromatic heterocycles. The lowest BCUT2D eigenvalue weighted by atomic mass is 10.1. The maximum atomic E-state index is 6.18. The average molecular weight is 326 g/mol. The van der Waals surface area contributed by atoms with Crippen molar-refractivity contribution in [3.8, 4) is 0 Å². The van der Waals surface area contributed by atoms with Crippen LogP contribution < -0.4 is 5.32 Å². The third-order valence-corrected chi connectivity index (χ3v) is 4.36. The molecule has 2 nitrogen and oxygen atoms in total. The molecule has 1 fully saturated rings. The first-order chi connectivity index (χ1) is 9.29. The number of halogens is 1. The van der Waals surface area contributed by atoms with Gasteiger partial charge in [-0.05, 0) is 43.0 Å². The second-order valence-electron chi connectivity index (χ2n) is 5.33. The first-order valence-corrected chi connectivity index (χ1v) is 8.16. The van der Waals surface area contributed by atoms with Crippen LogP contribution in [0.1, 0.15) is 44.3 Å². The fourth-order valence-electron chi connectivity index (χ4n) is 2.66. The number of hydrogen-bond acceptors (Lipinski definition) is 2. The summed E-state index contributed by atoms with van der Waals surface area (Å²) < 4.78 is 7.30. The minimum Gasteiger partial charge on any atom is -0.372 e. The largest absolute Gasteiger partial charge is 0.372 e. The van der Waals surface area contributed by atoms with E-state index in [2.05, 4.69) is 52.4 Å². The Bertz CT molecular complexity index is 360. The smallest absolute Gasteiger partial charge is 0.0949 e. The monoisotopic (exact) mass is 325 g/mol. The van der Waals surface area contributed by atoms with Crippen LogP contribution in [0.3, 0.4) is 0 Å². The molecule has 0 saturated heterocycles. The number of rotatable bonds is 7. The molecule has 1 unspecified atom stereocenters. The van der Waals surface area contributed by atoms with Gasteiger partial charge < -0.3 is 10.1 Å². The Balaban J connectivity index is 1.91. The summed E-state index contributed by atoms with van der Waals surface area (Å²) in [6.07, 6.45) is 5.62. The molecule has 2 rings (SSSR count). The van der Waals surface area contributed by atoms with Crippen LogP contribution in [-0.4, -0.2) is 19.7 Å². The van der Waals surface area contributed by atoms with E-state index in [1.165, 1.54) is 31.2 Å². The lowest BCUT2D eigenvalue weighted by Crippen LogP contribution is -2.24. The topological polar surface area (TPSA) is 21.3 Å². The molecule has 1 atom stereocenters. The molecular formula is C16H24BrNO. The van der Waals surface area contributed by atoms with E-state index in [4.69, 9.17) is 4.74 Å². The van der Waals surface area contributed by atoms with Gasteiger partial charge in [0.1, 0.15) is 0 Å². The minimum atomic E-state index is 0.175. The lowest BCUT2D eigenvalue weighted by molar-refractivity contribution is 0.0298. The molecule has 0 aliphatic heterocycles. The van der Waals surface area contributed by atoms with E-state index < -0.39 is 0 Å². The highest BCUT2D eigenvalue weighted by molar-refractivity contribution is 9.10. The van der Waals surface area contributed by atoms with Crippen LogP contribution in [0.5, 0.6) is 0 Å². The van der Waals surface area contributed by atoms with E-state index in [9.17, 15) is 0 Å². The highest BCUT2D eigenvalue weighted by Gasteiger charge is 2.18. The standard InChI is InChI=1S/C16H24BrNO/c1-2-18-11-16(14-7-9-15(17)10-8-14)19-12-13-5-3-4-6-13/h7-10,13,16,18H,2-6,11-12H2,1H3. The summed E-state index contributed by atoms with van der Waals surface area (Å²) in [6, 6.07) is 8.49.